The summed E-state index contributed by atoms with van der Waals surface area (Å²) in [6.45, 7) is 2.10. The topological polar surface area (TPSA) is 37.8 Å². The van der Waals surface area contributed by atoms with Gasteiger partial charge in [0.15, 0.2) is 0 Å². The average Bonchev–Trinajstić information content (AvgIpc) is 2.42. The second-order valence-corrected chi connectivity index (χ2v) is 3.19. The van der Waals surface area contributed by atoms with Crippen LogP contribution in [0.15, 0.2) is 23.0 Å². The van der Waals surface area contributed by atoms with Crippen molar-refractivity contribution in [2.75, 3.05) is 0 Å². The van der Waals surface area contributed by atoms with Crippen LogP contribution in [-0.2, 0) is 13.5 Å². The van der Waals surface area contributed by atoms with Gasteiger partial charge in [0.05, 0.1) is 11.0 Å². The molecule has 0 saturated heterocycles. The van der Waals surface area contributed by atoms with Crippen molar-refractivity contribution in [1.29, 1.82) is 0 Å². The first-order chi connectivity index (χ1) is 6.22. The second-order valence-electron chi connectivity index (χ2n) is 3.19. The zero-order valence-corrected chi connectivity index (χ0v) is 7.79. The van der Waals surface area contributed by atoms with Crippen LogP contribution in [-0.4, -0.2) is 9.55 Å². The van der Waals surface area contributed by atoms with Gasteiger partial charge in [0.25, 0.3) is 0 Å². The van der Waals surface area contributed by atoms with Gasteiger partial charge in [0.2, 0.25) is 0 Å². The van der Waals surface area contributed by atoms with E-state index in [0.29, 0.717) is 0 Å². The summed E-state index contributed by atoms with van der Waals surface area (Å²) >= 11 is 0. The van der Waals surface area contributed by atoms with Gasteiger partial charge >= 0.3 is 5.69 Å². The van der Waals surface area contributed by atoms with Crippen molar-refractivity contribution in [2.24, 2.45) is 7.05 Å². The van der Waals surface area contributed by atoms with Crippen molar-refractivity contribution in [3.63, 3.8) is 0 Å². The molecule has 1 N–H and O–H groups in total. The maximum Gasteiger partial charge on any atom is 0.326 e. The zero-order valence-electron chi connectivity index (χ0n) is 7.79. The van der Waals surface area contributed by atoms with E-state index in [1.165, 1.54) is 5.56 Å². The molecule has 0 aliphatic rings. The lowest BCUT2D eigenvalue weighted by Crippen LogP contribution is -2.11. The molecule has 13 heavy (non-hydrogen) atoms. The number of benzene rings is 1. The Morgan fingerprint density at radius 1 is 1.54 bits per heavy atom. The van der Waals surface area contributed by atoms with E-state index in [-0.39, 0.29) is 7.12 Å². The molecule has 1 aromatic carbocycles. The van der Waals surface area contributed by atoms with Gasteiger partial charge in [-0.3, -0.25) is 4.57 Å². The van der Waals surface area contributed by atoms with Gasteiger partial charge in [-0.05, 0) is 24.1 Å². The number of H-pyrrole nitrogens is 1. The van der Waals surface area contributed by atoms with Crippen LogP contribution in [0, 0.1) is 0 Å². The summed E-state index contributed by atoms with van der Waals surface area (Å²) in [7, 11) is 1.77. The quantitative estimate of drug-likeness (QED) is 0.708. The summed E-state index contributed by atoms with van der Waals surface area (Å²) in [5.41, 5.74) is 3.08. The summed E-state index contributed by atoms with van der Waals surface area (Å²) in [5, 5.41) is 0. The van der Waals surface area contributed by atoms with Crippen molar-refractivity contribution in [3.8, 4) is 0 Å². The second kappa shape index (κ2) is 2.76. The Kier molecular flexibility index (Phi) is 1.72. The Hall–Kier alpha value is -1.51. The first kappa shape index (κ1) is 8.10. The van der Waals surface area contributed by atoms with Crippen molar-refractivity contribution >= 4 is 11.0 Å². The van der Waals surface area contributed by atoms with Gasteiger partial charge < -0.3 is 4.98 Å². The lowest BCUT2D eigenvalue weighted by molar-refractivity contribution is 0.891. The van der Waals surface area contributed by atoms with E-state index < -0.39 is 0 Å². The summed E-state index contributed by atoms with van der Waals surface area (Å²) in [6.07, 6.45) is 0.993. The normalized spacial score (nSPS) is 10.9. The third-order valence-corrected chi connectivity index (χ3v) is 2.38. The van der Waals surface area contributed by atoms with E-state index in [9.17, 15) is 4.79 Å². The van der Waals surface area contributed by atoms with Crippen molar-refractivity contribution in [2.45, 2.75) is 13.3 Å². The molecule has 1 aromatic heterocycles. The highest BCUT2D eigenvalue weighted by molar-refractivity contribution is 5.75. The van der Waals surface area contributed by atoms with Gasteiger partial charge in [0.1, 0.15) is 0 Å². The van der Waals surface area contributed by atoms with Crippen LogP contribution in [0.1, 0.15) is 13.9 Å². The van der Waals surface area contributed by atoms with Crippen molar-refractivity contribution in [3.05, 3.63) is 34.2 Å². The minimum Gasteiger partial charge on any atom is -0.306 e. The van der Waals surface area contributed by atoms with Gasteiger partial charge in [-0.15, -0.1) is 0 Å². The SMILES string of the molecule is CCc1ccc2c(c1)[nH]c(=O)n2C.[HH]. The highest BCUT2D eigenvalue weighted by Gasteiger charge is 2.02. The summed E-state index contributed by atoms with van der Waals surface area (Å²) in [5.74, 6) is 0. The molecule has 0 radical (unpaired) electrons. The van der Waals surface area contributed by atoms with Crippen LogP contribution in [0.25, 0.3) is 11.0 Å². The Bertz CT molecular complexity index is 498. The van der Waals surface area contributed by atoms with Gasteiger partial charge in [-0.1, -0.05) is 13.0 Å². The predicted octanol–water partition coefficient (Wildman–Crippen LogP) is 1.67. The number of imidazole rings is 1. The molecule has 0 aliphatic carbocycles. The smallest absolute Gasteiger partial charge is 0.306 e. The monoisotopic (exact) mass is 178 g/mol. The van der Waals surface area contributed by atoms with E-state index in [2.05, 4.69) is 18.0 Å². The number of rotatable bonds is 1. The maximum atomic E-state index is 11.2. The first-order valence-corrected chi connectivity index (χ1v) is 4.40. The van der Waals surface area contributed by atoms with Crippen LogP contribution in [0.4, 0.5) is 0 Å². The third kappa shape index (κ3) is 1.16. The molecular weight excluding hydrogens is 164 g/mol. The van der Waals surface area contributed by atoms with E-state index in [1.807, 2.05) is 12.1 Å². The Morgan fingerprint density at radius 2 is 2.31 bits per heavy atom. The Balaban J connectivity index is 0.000000980. The standard InChI is InChI=1S/C10H12N2O.H2/c1-3-7-4-5-9-8(6-7)11-10(13)12(9)2;/h4-6H,3H2,1-2H3,(H,11,13);1H. The van der Waals surface area contributed by atoms with Gasteiger partial charge in [-0.25, -0.2) is 4.79 Å². The third-order valence-electron chi connectivity index (χ3n) is 2.38. The molecular formula is C10H14N2O. The molecule has 1 heterocycles. The molecule has 0 amide bonds. The van der Waals surface area contributed by atoms with E-state index in [1.54, 1.807) is 11.6 Å². The van der Waals surface area contributed by atoms with Crippen molar-refractivity contribution in [1.82, 2.24) is 9.55 Å². The fraction of sp³-hybridized carbons (Fsp3) is 0.300. The van der Waals surface area contributed by atoms with E-state index in [0.717, 1.165) is 17.5 Å². The van der Waals surface area contributed by atoms with E-state index >= 15 is 0 Å². The number of hydrogen-bond acceptors (Lipinski definition) is 1. The fourth-order valence-corrected chi connectivity index (χ4v) is 1.50. The number of nitrogens with zero attached hydrogens (tertiary/aromatic N) is 1. The number of aromatic nitrogens is 2. The Morgan fingerprint density at radius 3 is 3.00 bits per heavy atom. The highest BCUT2D eigenvalue weighted by atomic mass is 16.1. The molecule has 0 atom stereocenters. The van der Waals surface area contributed by atoms with Gasteiger partial charge in [0, 0.05) is 8.47 Å². The molecule has 0 saturated carbocycles. The summed E-state index contributed by atoms with van der Waals surface area (Å²) < 4.78 is 1.62. The molecule has 0 bridgehead atoms. The van der Waals surface area contributed by atoms with Crippen LogP contribution in [0.3, 0.4) is 0 Å². The van der Waals surface area contributed by atoms with Crippen LogP contribution in [0.2, 0.25) is 0 Å². The number of aromatic amines is 1. The minimum atomic E-state index is -0.0525. The molecule has 0 aliphatic heterocycles. The number of aryl methyl sites for hydroxylation is 2. The average molecular weight is 178 g/mol. The lowest BCUT2D eigenvalue weighted by Gasteiger charge is -1.96. The maximum absolute atomic E-state index is 11.2. The molecule has 0 fully saturated rings. The Labute approximate surface area is 77.5 Å². The first-order valence-electron chi connectivity index (χ1n) is 4.40. The molecule has 2 rings (SSSR count). The fourth-order valence-electron chi connectivity index (χ4n) is 1.50. The highest BCUT2D eigenvalue weighted by Crippen LogP contribution is 2.11. The van der Waals surface area contributed by atoms with Crippen molar-refractivity contribution < 1.29 is 1.43 Å². The molecule has 3 nitrogen and oxygen atoms in total. The predicted molar refractivity (Wildman–Crippen MR) is 55.0 cm³/mol. The molecule has 2 aromatic rings. The minimum absolute atomic E-state index is 0. The number of fused-ring (bicyclic) bond motifs is 1. The zero-order chi connectivity index (χ0) is 9.42. The summed E-state index contributed by atoms with van der Waals surface area (Å²) in [6, 6.07) is 6.05. The number of hydrogen-bond donors (Lipinski definition) is 1. The largest absolute Gasteiger partial charge is 0.326 e. The molecule has 3 heteroatoms. The molecule has 0 spiro atoms. The van der Waals surface area contributed by atoms with E-state index in [4.69, 9.17) is 0 Å². The van der Waals surface area contributed by atoms with Gasteiger partial charge in [-0.2, -0.15) is 0 Å². The lowest BCUT2D eigenvalue weighted by atomic mass is 10.1. The van der Waals surface area contributed by atoms with Crippen LogP contribution >= 0.6 is 0 Å². The molecule has 70 valence electrons. The number of nitrogens with one attached hydrogen (secondary N) is 1. The van der Waals surface area contributed by atoms with Crippen LogP contribution < -0.4 is 5.69 Å². The summed E-state index contributed by atoms with van der Waals surface area (Å²) in [4.78, 5) is 14.1. The van der Waals surface area contributed by atoms with Crippen LogP contribution in [0.5, 0.6) is 0 Å². The molecule has 0 unspecified atom stereocenters.